The first-order valence-corrected chi connectivity index (χ1v) is 7.33. The van der Waals surface area contributed by atoms with E-state index in [0.29, 0.717) is 23.5 Å². The summed E-state index contributed by atoms with van der Waals surface area (Å²) in [5.41, 5.74) is 0.607. The average Bonchev–Trinajstić information content (AvgIpc) is 2.87. The van der Waals surface area contributed by atoms with Crippen molar-refractivity contribution in [3.63, 3.8) is 0 Å². The molecule has 1 saturated heterocycles. The second kappa shape index (κ2) is 6.19. The zero-order valence-electron chi connectivity index (χ0n) is 11.2. The minimum Gasteiger partial charge on any atom is -0.478 e. The molecular weight excluding hydrogens is 278 g/mol. The number of carboxylic acid groups (broad SMARTS) is 1. The average molecular weight is 295 g/mol. The predicted octanol–water partition coefficient (Wildman–Crippen LogP) is 1.69. The van der Waals surface area contributed by atoms with Gasteiger partial charge in [0.1, 0.15) is 0 Å². The molecule has 1 aliphatic heterocycles. The van der Waals surface area contributed by atoms with E-state index in [1.165, 1.54) is 17.4 Å². The minimum absolute atomic E-state index is 0.143. The van der Waals surface area contributed by atoms with E-state index < -0.39 is 12.1 Å². The molecule has 6 heteroatoms. The second-order valence-corrected chi connectivity index (χ2v) is 5.88. The van der Waals surface area contributed by atoms with Crippen LogP contribution < -0.4 is 0 Å². The van der Waals surface area contributed by atoms with Crippen LogP contribution in [0.2, 0.25) is 0 Å². The highest BCUT2D eigenvalue weighted by molar-refractivity contribution is 7.12. The second-order valence-electron chi connectivity index (χ2n) is 4.96. The van der Waals surface area contributed by atoms with Gasteiger partial charge in [-0.05, 0) is 35.4 Å². The topological polar surface area (TPSA) is 77.8 Å². The Bertz CT molecular complexity index is 537. The molecule has 2 rings (SSSR count). The zero-order valence-corrected chi connectivity index (χ0v) is 12.0. The molecule has 0 saturated carbocycles. The quantitative estimate of drug-likeness (QED) is 0.832. The maximum atomic E-state index is 12.4. The number of amides is 1. The lowest BCUT2D eigenvalue weighted by Crippen LogP contribution is -2.45. The number of aliphatic hydroxyl groups excluding tert-OH is 1. The lowest BCUT2D eigenvalue weighted by Gasteiger charge is -2.34. The fraction of sp³-hybridized carbons (Fsp3) is 0.429. The Hall–Kier alpha value is -1.66. The summed E-state index contributed by atoms with van der Waals surface area (Å²) in [5, 5.41) is 20.3. The molecule has 0 bridgehead atoms. The van der Waals surface area contributed by atoms with Gasteiger partial charge in [-0.1, -0.05) is 6.92 Å². The molecule has 5 nitrogen and oxygen atoms in total. The molecule has 1 aliphatic rings. The highest BCUT2D eigenvalue weighted by Gasteiger charge is 2.29. The number of β-amino-alcohol motifs (C(OH)–C–C–N with tert-alkyl or cyclic N) is 1. The molecule has 2 atom stereocenters. The van der Waals surface area contributed by atoms with Crippen LogP contribution in [0.4, 0.5) is 0 Å². The SMILES string of the molecule is CC1CCN(C(=O)c2sccc2/C=C/C(=O)O)CC1O. The highest BCUT2D eigenvalue weighted by Crippen LogP contribution is 2.24. The van der Waals surface area contributed by atoms with Crippen molar-refractivity contribution in [1.29, 1.82) is 0 Å². The minimum atomic E-state index is -1.04. The molecule has 1 aromatic heterocycles. The zero-order chi connectivity index (χ0) is 14.7. The Morgan fingerprint density at radius 3 is 2.90 bits per heavy atom. The summed E-state index contributed by atoms with van der Waals surface area (Å²) in [5.74, 6) is -0.985. The van der Waals surface area contributed by atoms with Crippen LogP contribution in [0.15, 0.2) is 17.5 Å². The third-order valence-electron chi connectivity index (χ3n) is 3.50. The van der Waals surface area contributed by atoms with Crippen molar-refractivity contribution in [3.8, 4) is 0 Å². The lowest BCUT2D eigenvalue weighted by molar-refractivity contribution is -0.131. The van der Waals surface area contributed by atoms with Crippen LogP contribution in [0.3, 0.4) is 0 Å². The van der Waals surface area contributed by atoms with Gasteiger partial charge in [-0.3, -0.25) is 4.79 Å². The van der Waals surface area contributed by atoms with Gasteiger partial charge in [0, 0.05) is 19.2 Å². The number of aliphatic hydroxyl groups is 1. The number of hydrogen-bond acceptors (Lipinski definition) is 4. The smallest absolute Gasteiger partial charge is 0.328 e. The largest absolute Gasteiger partial charge is 0.478 e. The molecule has 0 radical (unpaired) electrons. The number of thiophene rings is 1. The number of aliphatic carboxylic acids is 1. The Labute approximate surface area is 121 Å². The lowest BCUT2D eigenvalue weighted by atomic mass is 9.96. The predicted molar refractivity (Wildman–Crippen MR) is 76.7 cm³/mol. The first kappa shape index (κ1) is 14.7. The van der Waals surface area contributed by atoms with Crippen molar-refractivity contribution in [2.24, 2.45) is 5.92 Å². The number of carbonyl (C=O) groups is 2. The first-order valence-electron chi connectivity index (χ1n) is 6.45. The summed E-state index contributed by atoms with van der Waals surface area (Å²) < 4.78 is 0. The summed E-state index contributed by atoms with van der Waals surface area (Å²) in [7, 11) is 0. The van der Waals surface area contributed by atoms with Crippen LogP contribution >= 0.6 is 11.3 Å². The van der Waals surface area contributed by atoms with Crippen molar-refractivity contribution in [2.45, 2.75) is 19.4 Å². The van der Waals surface area contributed by atoms with E-state index in [0.717, 1.165) is 12.5 Å². The van der Waals surface area contributed by atoms with Gasteiger partial charge in [0.05, 0.1) is 11.0 Å². The Morgan fingerprint density at radius 1 is 1.50 bits per heavy atom. The fourth-order valence-electron chi connectivity index (χ4n) is 2.16. The van der Waals surface area contributed by atoms with Crippen LogP contribution in [0.1, 0.15) is 28.6 Å². The third-order valence-corrected chi connectivity index (χ3v) is 4.42. The van der Waals surface area contributed by atoms with Gasteiger partial charge < -0.3 is 15.1 Å². The number of nitrogens with zero attached hydrogens (tertiary/aromatic N) is 1. The van der Waals surface area contributed by atoms with Crippen LogP contribution in [-0.2, 0) is 4.79 Å². The van der Waals surface area contributed by atoms with E-state index in [1.54, 1.807) is 16.3 Å². The number of carboxylic acids is 1. The molecule has 2 heterocycles. The Morgan fingerprint density at radius 2 is 2.25 bits per heavy atom. The summed E-state index contributed by atoms with van der Waals surface area (Å²) in [6.07, 6.45) is 2.73. The molecule has 2 unspecified atom stereocenters. The molecule has 0 aliphatic carbocycles. The molecule has 2 N–H and O–H groups in total. The van der Waals surface area contributed by atoms with Crippen LogP contribution in [0.25, 0.3) is 6.08 Å². The van der Waals surface area contributed by atoms with Crippen LogP contribution in [-0.4, -0.2) is 46.2 Å². The van der Waals surface area contributed by atoms with Gasteiger partial charge in [0.2, 0.25) is 0 Å². The van der Waals surface area contributed by atoms with Crippen molar-refractivity contribution in [2.75, 3.05) is 13.1 Å². The molecule has 1 fully saturated rings. The van der Waals surface area contributed by atoms with E-state index >= 15 is 0 Å². The monoisotopic (exact) mass is 295 g/mol. The standard InChI is InChI=1S/C14H17NO4S/c1-9-4-6-15(8-11(9)16)14(19)13-10(5-7-20-13)2-3-12(17)18/h2-3,5,7,9,11,16H,4,6,8H2,1H3,(H,17,18)/b3-2+. The fourth-order valence-corrected chi connectivity index (χ4v) is 3.02. The number of likely N-dealkylation sites (tertiary alicyclic amines) is 1. The van der Waals surface area contributed by atoms with Gasteiger partial charge in [0.25, 0.3) is 5.91 Å². The number of carbonyl (C=O) groups excluding carboxylic acids is 1. The van der Waals surface area contributed by atoms with Crippen molar-refractivity contribution in [3.05, 3.63) is 28.0 Å². The van der Waals surface area contributed by atoms with Gasteiger partial charge >= 0.3 is 5.97 Å². The Balaban J connectivity index is 2.14. The number of rotatable bonds is 3. The van der Waals surface area contributed by atoms with Crippen LogP contribution in [0, 0.1) is 5.92 Å². The van der Waals surface area contributed by atoms with Crippen molar-refractivity contribution < 1.29 is 19.8 Å². The molecule has 0 aromatic carbocycles. The Kier molecular flexibility index (Phi) is 4.57. The van der Waals surface area contributed by atoms with Gasteiger partial charge in [-0.15, -0.1) is 11.3 Å². The summed E-state index contributed by atoms with van der Waals surface area (Å²) in [6, 6.07) is 1.72. The summed E-state index contributed by atoms with van der Waals surface area (Å²) in [6.45, 7) is 2.93. The van der Waals surface area contributed by atoms with E-state index in [9.17, 15) is 14.7 Å². The van der Waals surface area contributed by atoms with Crippen LogP contribution in [0.5, 0.6) is 0 Å². The first-order chi connectivity index (χ1) is 9.49. The maximum Gasteiger partial charge on any atom is 0.328 e. The highest BCUT2D eigenvalue weighted by atomic mass is 32.1. The van der Waals surface area contributed by atoms with Crippen molar-refractivity contribution in [1.82, 2.24) is 4.90 Å². The summed E-state index contributed by atoms with van der Waals surface area (Å²) >= 11 is 1.29. The van der Waals surface area contributed by atoms with Crippen molar-refractivity contribution >= 4 is 29.3 Å². The maximum absolute atomic E-state index is 12.4. The molecule has 108 valence electrons. The van der Waals surface area contributed by atoms with Gasteiger partial charge in [-0.2, -0.15) is 0 Å². The van der Waals surface area contributed by atoms with Gasteiger partial charge in [0.15, 0.2) is 0 Å². The number of piperidine rings is 1. The molecule has 0 spiro atoms. The summed E-state index contributed by atoms with van der Waals surface area (Å²) in [4.78, 5) is 25.1. The normalized spacial score (nSPS) is 23.2. The molecule has 1 amide bonds. The third kappa shape index (κ3) is 3.26. The van der Waals surface area contributed by atoms with Gasteiger partial charge in [-0.25, -0.2) is 4.79 Å². The van der Waals surface area contributed by atoms with E-state index in [2.05, 4.69) is 0 Å². The van der Waals surface area contributed by atoms with E-state index in [-0.39, 0.29) is 11.8 Å². The molecule has 1 aromatic rings. The van der Waals surface area contributed by atoms with E-state index in [1.807, 2.05) is 6.92 Å². The van der Waals surface area contributed by atoms with E-state index in [4.69, 9.17) is 5.11 Å². The molecule has 20 heavy (non-hydrogen) atoms. The number of hydrogen-bond donors (Lipinski definition) is 2. The molecular formula is C14H17NO4S.